The van der Waals surface area contributed by atoms with Gasteiger partial charge in [-0.25, -0.2) is 9.79 Å². The number of amides is 1. The Morgan fingerprint density at radius 1 is 1.19 bits per heavy atom. The zero-order chi connectivity index (χ0) is 26.7. The molecule has 0 unspecified atom stereocenters. The number of piperidine rings is 1. The fraction of sp³-hybridized carbons (Fsp3) is 0.500. The summed E-state index contributed by atoms with van der Waals surface area (Å²) >= 11 is 1.45. The van der Waals surface area contributed by atoms with Crippen LogP contribution in [0.5, 0.6) is 0 Å². The summed E-state index contributed by atoms with van der Waals surface area (Å²) < 4.78 is 10.8. The van der Waals surface area contributed by atoms with Crippen molar-refractivity contribution in [3.8, 4) is 0 Å². The molecule has 3 aliphatic heterocycles. The second-order valence-corrected chi connectivity index (χ2v) is 10.6. The number of aliphatic imine (C=N–C) groups is 1. The molecule has 2 atom stereocenters. The minimum atomic E-state index is -0.456. The first-order chi connectivity index (χ1) is 17.7. The van der Waals surface area contributed by atoms with Crippen LogP contribution in [-0.2, 0) is 23.9 Å². The first-order valence-corrected chi connectivity index (χ1v) is 13.7. The summed E-state index contributed by atoms with van der Waals surface area (Å²) in [6.07, 6.45) is 1.37. The number of aryl methyl sites for hydroxylation is 1. The van der Waals surface area contributed by atoms with Gasteiger partial charge in [0.25, 0.3) is 0 Å². The van der Waals surface area contributed by atoms with E-state index in [1.165, 1.54) is 11.8 Å². The van der Waals surface area contributed by atoms with Crippen LogP contribution in [0.1, 0.15) is 64.1 Å². The van der Waals surface area contributed by atoms with Crippen LogP contribution in [0.15, 0.2) is 51.6 Å². The molecule has 0 radical (unpaired) electrons. The van der Waals surface area contributed by atoms with Crippen LogP contribution >= 0.6 is 11.8 Å². The minimum absolute atomic E-state index is 0.0526. The van der Waals surface area contributed by atoms with Gasteiger partial charge >= 0.3 is 11.9 Å². The van der Waals surface area contributed by atoms with Gasteiger partial charge in [0.1, 0.15) is 0 Å². The lowest BCUT2D eigenvalue weighted by Crippen LogP contribution is -2.44. The molecular weight excluding hydrogens is 490 g/mol. The Labute approximate surface area is 222 Å². The van der Waals surface area contributed by atoms with Crippen LogP contribution in [0, 0.1) is 12.8 Å². The molecule has 9 heteroatoms. The maximum Gasteiger partial charge on any atom is 0.338 e. The number of rotatable bonds is 7. The van der Waals surface area contributed by atoms with E-state index in [1.807, 2.05) is 62.3 Å². The van der Waals surface area contributed by atoms with Crippen LogP contribution in [-0.4, -0.2) is 58.6 Å². The molecule has 0 aliphatic carbocycles. The third kappa shape index (κ3) is 5.76. The highest BCUT2D eigenvalue weighted by atomic mass is 32.2. The Bertz CT molecular complexity index is 1170. The smallest absolute Gasteiger partial charge is 0.338 e. The molecule has 1 aromatic rings. The zero-order valence-electron chi connectivity index (χ0n) is 22.2. The lowest BCUT2D eigenvalue weighted by Gasteiger charge is -2.38. The highest BCUT2D eigenvalue weighted by Crippen LogP contribution is 2.45. The first kappa shape index (κ1) is 27.0. The van der Waals surface area contributed by atoms with Crippen LogP contribution in [0.3, 0.4) is 0 Å². The predicted octanol–water partition coefficient (Wildman–Crippen LogP) is 4.71. The van der Waals surface area contributed by atoms with E-state index in [9.17, 15) is 14.4 Å². The number of hydrogen-bond acceptors (Lipinski definition) is 8. The zero-order valence-corrected chi connectivity index (χ0v) is 23.0. The molecule has 1 amide bonds. The number of fused-ring (bicyclic) bond motifs is 1. The average molecular weight is 526 g/mol. The summed E-state index contributed by atoms with van der Waals surface area (Å²) in [5.74, 6) is -0.989. The highest BCUT2D eigenvalue weighted by molar-refractivity contribution is 8.16. The number of amidine groups is 1. The Morgan fingerprint density at radius 2 is 1.95 bits per heavy atom. The number of likely N-dealkylation sites (tertiary alicyclic amines) is 1. The van der Waals surface area contributed by atoms with E-state index in [2.05, 4.69) is 0 Å². The predicted molar refractivity (Wildman–Crippen MR) is 143 cm³/mol. The Hall–Kier alpha value is -3.07. The van der Waals surface area contributed by atoms with Gasteiger partial charge in [0.15, 0.2) is 5.17 Å². The van der Waals surface area contributed by atoms with Gasteiger partial charge in [0, 0.05) is 18.8 Å². The van der Waals surface area contributed by atoms with E-state index in [-0.39, 0.29) is 30.3 Å². The van der Waals surface area contributed by atoms with E-state index < -0.39 is 12.0 Å². The normalized spacial score (nSPS) is 21.5. The first-order valence-electron chi connectivity index (χ1n) is 12.9. The van der Waals surface area contributed by atoms with Gasteiger partial charge in [-0.2, -0.15) is 0 Å². The second kappa shape index (κ2) is 11.5. The molecule has 3 heterocycles. The SMILES string of the molecule is CCOC(=O)[C@H]1CCCN(C(=O)CC2=CSC3=NC(C)=C(C(=O)OC(C)C)[C@@H](c4ccccc4C)N23)C1. The summed E-state index contributed by atoms with van der Waals surface area (Å²) in [7, 11) is 0. The number of esters is 2. The fourth-order valence-electron chi connectivity index (χ4n) is 5.02. The van der Waals surface area contributed by atoms with E-state index in [0.29, 0.717) is 31.0 Å². The minimum Gasteiger partial charge on any atom is -0.466 e. The molecule has 1 saturated heterocycles. The molecule has 0 spiro atoms. The lowest BCUT2D eigenvalue weighted by atomic mass is 9.91. The van der Waals surface area contributed by atoms with Crippen molar-refractivity contribution in [2.24, 2.45) is 10.9 Å². The van der Waals surface area contributed by atoms with Crippen LogP contribution in [0.2, 0.25) is 0 Å². The van der Waals surface area contributed by atoms with Crippen molar-refractivity contribution in [1.29, 1.82) is 0 Å². The molecule has 4 rings (SSSR count). The van der Waals surface area contributed by atoms with Crippen molar-refractivity contribution in [2.75, 3.05) is 19.7 Å². The summed E-state index contributed by atoms with van der Waals surface area (Å²) in [6.45, 7) is 10.6. The maximum atomic E-state index is 13.4. The monoisotopic (exact) mass is 525 g/mol. The molecule has 37 heavy (non-hydrogen) atoms. The third-order valence-electron chi connectivity index (χ3n) is 6.77. The topological polar surface area (TPSA) is 88.5 Å². The molecule has 3 aliphatic rings. The Morgan fingerprint density at radius 3 is 2.65 bits per heavy atom. The van der Waals surface area contributed by atoms with Crippen molar-refractivity contribution >= 4 is 34.8 Å². The number of thioether (sulfide) groups is 1. The van der Waals surface area contributed by atoms with Gasteiger partial charge in [-0.1, -0.05) is 36.0 Å². The second-order valence-electron chi connectivity index (χ2n) is 9.81. The quantitative estimate of drug-likeness (QED) is 0.476. The van der Waals surface area contributed by atoms with Crippen LogP contribution in [0.25, 0.3) is 0 Å². The molecule has 198 valence electrons. The maximum absolute atomic E-state index is 13.4. The Balaban J connectivity index is 1.62. The van der Waals surface area contributed by atoms with E-state index in [1.54, 1.807) is 11.8 Å². The lowest BCUT2D eigenvalue weighted by molar-refractivity contribution is -0.151. The summed E-state index contributed by atoms with van der Waals surface area (Å²) in [6, 6.07) is 7.49. The standard InChI is InChI=1S/C28H35N3O5S/c1-6-35-26(33)20-11-9-13-30(15-20)23(32)14-21-16-37-28-29-19(5)24(27(34)36-17(2)3)25(31(21)28)22-12-8-7-10-18(22)4/h7-8,10,12,16-17,20,25H,6,9,11,13-15H2,1-5H3/t20-,25+/m0/s1. The van der Waals surface area contributed by atoms with Crippen molar-refractivity contribution in [1.82, 2.24) is 9.80 Å². The van der Waals surface area contributed by atoms with Gasteiger partial charge in [0.2, 0.25) is 5.91 Å². The highest BCUT2D eigenvalue weighted by Gasteiger charge is 2.42. The molecule has 0 saturated carbocycles. The molecule has 1 fully saturated rings. The largest absolute Gasteiger partial charge is 0.466 e. The summed E-state index contributed by atoms with van der Waals surface area (Å²) in [5.41, 5.74) is 3.88. The number of hydrogen-bond donors (Lipinski definition) is 0. The van der Waals surface area contributed by atoms with Crippen LogP contribution in [0.4, 0.5) is 0 Å². The van der Waals surface area contributed by atoms with Crippen molar-refractivity contribution in [3.05, 3.63) is 57.8 Å². The molecule has 0 aromatic heterocycles. The van der Waals surface area contributed by atoms with E-state index in [4.69, 9.17) is 14.5 Å². The molecule has 0 bridgehead atoms. The summed E-state index contributed by atoms with van der Waals surface area (Å²) in [4.78, 5) is 47.5. The van der Waals surface area contributed by atoms with Gasteiger partial charge in [-0.3, -0.25) is 9.59 Å². The van der Waals surface area contributed by atoms with E-state index in [0.717, 1.165) is 34.8 Å². The number of carbonyl (C=O) groups excluding carboxylic acids is 3. The summed E-state index contributed by atoms with van der Waals surface area (Å²) in [5, 5.41) is 2.68. The number of nitrogens with zero attached hydrogens (tertiary/aromatic N) is 3. The molecule has 0 N–H and O–H groups in total. The van der Waals surface area contributed by atoms with Gasteiger partial charge in [-0.05, 0) is 64.0 Å². The Kier molecular flexibility index (Phi) is 8.42. The van der Waals surface area contributed by atoms with Crippen LogP contribution < -0.4 is 0 Å². The third-order valence-corrected chi connectivity index (χ3v) is 7.66. The number of ether oxygens (including phenoxy) is 2. The van der Waals surface area contributed by atoms with Gasteiger partial charge in [0.05, 0.1) is 42.4 Å². The van der Waals surface area contributed by atoms with Crippen molar-refractivity contribution < 1.29 is 23.9 Å². The fourth-order valence-corrected chi connectivity index (χ4v) is 5.98. The molecule has 1 aromatic carbocycles. The molecular formula is C28H35N3O5S. The molecule has 8 nitrogen and oxygen atoms in total. The van der Waals surface area contributed by atoms with Gasteiger partial charge in [-0.15, -0.1) is 0 Å². The van der Waals surface area contributed by atoms with Crippen molar-refractivity contribution in [3.63, 3.8) is 0 Å². The van der Waals surface area contributed by atoms with Gasteiger partial charge < -0.3 is 19.3 Å². The van der Waals surface area contributed by atoms with E-state index >= 15 is 0 Å². The number of allylic oxidation sites excluding steroid dienone is 1. The number of benzene rings is 1. The number of carbonyl (C=O) groups is 3. The average Bonchev–Trinajstić information content (AvgIpc) is 3.25. The van der Waals surface area contributed by atoms with Crippen molar-refractivity contribution in [2.45, 2.75) is 66.0 Å².